The Bertz CT molecular complexity index is 1280. The summed E-state index contributed by atoms with van der Waals surface area (Å²) in [4.78, 5) is 23.0. The topological polar surface area (TPSA) is 98.0 Å². The minimum Gasteiger partial charge on any atom is -0.485 e. The molecule has 1 aliphatic rings. The van der Waals surface area contributed by atoms with Gasteiger partial charge in [-0.1, -0.05) is 26.2 Å². The molecule has 0 saturated heterocycles. The Balaban J connectivity index is 1.56. The van der Waals surface area contributed by atoms with Gasteiger partial charge >= 0.3 is 12.3 Å². The molecule has 1 aliphatic carbocycles. The maximum absolute atomic E-state index is 12.6. The fourth-order valence-corrected chi connectivity index (χ4v) is 4.99. The number of furan rings is 1. The zero-order chi connectivity index (χ0) is 28.7. The number of carboxylic acid groups (broad SMARTS) is 1. The Labute approximate surface area is 230 Å². The minimum absolute atomic E-state index is 0.0386. The molecule has 10 heteroatoms. The summed E-state index contributed by atoms with van der Waals surface area (Å²) in [5, 5.41) is 11.3. The number of amides is 1. The second-order valence-electron chi connectivity index (χ2n) is 9.78. The summed E-state index contributed by atoms with van der Waals surface area (Å²) in [5.41, 5.74) is 1.91. The van der Waals surface area contributed by atoms with Crippen molar-refractivity contribution in [2.45, 2.75) is 64.3 Å². The Morgan fingerprint density at radius 3 is 2.27 bits per heavy atom. The lowest BCUT2D eigenvalue weighted by Gasteiger charge is -2.31. The summed E-state index contributed by atoms with van der Waals surface area (Å²) in [7, 11) is 0. The van der Waals surface area contributed by atoms with Gasteiger partial charge in [0.25, 0.3) is 5.91 Å². The number of carboxylic acids is 1. The average molecular weight is 560 g/mol. The van der Waals surface area contributed by atoms with Gasteiger partial charge in [0.05, 0.1) is 6.42 Å². The molecule has 1 fully saturated rings. The fraction of sp³-hybridized carbons (Fsp3) is 0.400. The second kappa shape index (κ2) is 12.9. The van der Waals surface area contributed by atoms with E-state index in [1.807, 2.05) is 13.0 Å². The average Bonchev–Trinajstić information content (AvgIpc) is 3.36. The Kier molecular flexibility index (Phi) is 9.39. The van der Waals surface area contributed by atoms with Crippen LogP contribution in [0.2, 0.25) is 0 Å². The monoisotopic (exact) mass is 559 g/mol. The molecule has 1 aromatic heterocycles. The third kappa shape index (κ3) is 7.80. The Hall–Kier alpha value is -3.95. The van der Waals surface area contributed by atoms with Gasteiger partial charge in [-0.15, -0.1) is 13.2 Å². The van der Waals surface area contributed by atoms with E-state index in [9.17, 15) is 22.8 Å². The zero-order valence-electron chi connectivity index (χ0n) is 22.1. The number of hydrogen-bond acceptors (Lipinski definition) is 5. The van der Waals surface area contributed by atoms with E-state index < -0.39 is 12.3 Å². The lowest BCUT2D eigenvalue weighted by molar-refractivity contribution is -0.274. The summed E-state index contributed by atoms with van der Waals surface area (Å²) in [6.45, 7) is 2.01. The molecule has 0 radical (unpaired) electrons. The maximum Gasteiger partial charge on any atom is 0.573 e. The normalized spacial score (nSPS) is 14.9. The van der Waals surface area contributed by atoms with Gasteiger partial charge in [-0.2, -0.15) is 0 Å². The van der Waals surface area contributed by atoms with Crippen molar-refractivity contribution < 1.29 is 41.8 Å². The van der Waals surface area contributed by atoms with Crippen LogP contribution in [-0.4, -0.2) is 29.9 Å². The number of carbonyl (C=O) groups is 2. The molecular weight excluding hydrogens is 527 g/mol. The SMILES string of the molecule is CCc1oc(-c2ccc(OC(F)(F)F)cc2)cc1C(Oc1ccc(C(=O)NCCC(=O)O)cc1)C1CCCCC1. The predicted molar refractivity (Wildman–Crippen MR) is 141 cm³/mol. The van der Waals surface area contributed by atoms with Crippen LogP contribution in [0.4, 0.5) is 13.2 Å². The molecule has 4 rings (SSSR count). The minimum atomic E-state index is -4.76. The molecule has 1 saturated carbocycles. The van der Waals surface area contributed by atoms with E-state index in [-0.39, 0.29) is 36.6 Å². The highest BCUT2D eigenvalue weighted by Crippen LogP contribution is 2.41. The molecule has 7 nitrogen and oxygen atoms in total. The number of aryl methyl sites for hydroxylation is 1. The first-order chi connectivity index (χ1) is 19.1. The molecule has 3 aromatic rings. The van der Waals surface area contributed by atoms with Gasteiger partial charge in [0.2, 0.25) is 0 Å². The number of halogens is 3. The number of nitrogens with one attached hydrogen (secondary N) is 1. The van der Waals surface area contributed by atoms with Crippen LogP contribution in [0.5, 0.6) is 11.5 Å². The van der Waals surface area contributed by atoms with Gasteiger partial charge in [-0.05, 0) is 67.4 Å². The van der Waals surface area contributed by atoms with Gasteiger partial charge in [0.1, 0.15) is 29.1 Å². The number of carbonyl (C=O) groups excluding carboxylic acids is 1. The molecule has 0 bridgehead atoms. The largest absolute Gasteiger partial charge is 0.573 e. The third-order valence-electron chi connectivity index (χ3n) is 6.92. The molecule has 1 atom stereocenters. The highest BCUT2D eigenvalue weighted by molar-refractivity contribution is 5.94. The number of hydrogen-bond donors (Lipinski definition) is 2. The molecule has 1 unspecified atom stereocenters. The van der Waals surface area contributed by atoms with E-state index in [0.29, 0.717) is 29.1 Å². The summed E-state index contributed by atoms with van der Waals surface area (Å²) >= 11 is 0. The molecule has 1 amide bonds. The van der Waals surface area contributed by atoms with Crippen LogP contribution in [0.3, 0.4) is 0 Å². The van der Waals surface area contributed by atoms with Gasteiger partial charge < -0.3 is 24.3 Å². The lowest BCUT2D eigenvalue weighted by Crippen LogP contribution is -2.26. The number of rotatable bonds is 11. The van der Waals surface area contributed by atoms with Crippen molar-refractivity contribution in [2.24, 2.45) is 5.92 Å². The van der Waals surface area contributed by atoms with E-state index in [0.717, 1.165) is 37.0 Å². The smallest absolute Gasteiger partial charge is 0.485 e. The third-order valence-corrected chi connectivity index (χ3v) is 6.92. The van der Waals surface area contributed by atoms with Crippen LogP contribution < -0.4 is 14.8 Å². The summed E-state index contributed by atoms with van der Waals surface area (Å²) in [6.07, 6.45) is 0.695. The lowest BCUT2D eigenvalue weighted by atomic mass is 9.82. The van der Waals surface area contributed by atoms with Crippen molar-refractivity contribution >= 4 is 11.9 Å². The zero-order valence-corrected chi connectivity index (χ0v) is 22.1. The van der Waals surface area contributed by atoms with Crippen LogP contribution >= 0.6 is 0 Å². The van der Waals surface area contributed by atoms with Gasteiger partial charge in [-0.25, -0.2) is 0 Å². The number of aliphatic carboxylic acids is 1. The number of alkyl halides is 3. The van der Waals surface area contributed by atoms with Crippen LogP contribution in [0, 0.1) is 5.92 Å². The summed E-state index contributed by atoms with van der Waals surface area (Å²) in [5.74, 6) is 0.442. The fourth-order valence-electron chi connectivity index (χ4n) is 4.99. The van der Waals surface area contributed by atoms with E-state index in [4.69, 9.17) is 14.3 Å². The quantitative estimate of drug-likeness (QED) is 0.256. The van der Waals surface area contributed by atoms with Crippen molar-refractivity contribution in [3.8, 4) is 22.8 Å². The molecule has 40 heavy (non-hydrogen) atoms. The standard InChI is InChI=1S/C30H32F3NO6/c1-2-25-24(18-26(39-25)19-8-14-23(15-9-19)40-30(31,32)33)28(20-6-4-3-5-7-20)38-22-12-10-21(11-13-22)29(37)34-17-16-27(35)36/h8-15,18,20,28H,2-7,16-17H2,1H3,(H,34,37)(H,35,36). The van der Waals surface area contributed by atoms with Gasteiger partial charge in [-0.3, -0.25) is 9.59 Å². The van der Waals surface area contributed by atoms with E-state index in [1.165, 1.54) is 30.7 Å². The summed E-state index contributed by atoms with van der Waals surface area (Å²) in [6, 6.07) is 14.2. The highest BCUT2D eigenvalue weighted by atomic mass is 19.4. The van der Waals surface area contributed by atoms with Crippen molar-refractivity contribution in [2.75, 3.05) is 6.54 Å². The first kappa shape index (κ1) is 29.0. The van der Waals surface area contributed by atoms with Crippen molar-refractivity contribution in [1.29, 1.82) is 0 Å². The predicted octanol–water partition coefficient (Wildman–Crippen LogP) is 7.31. The van der Waals surface area contributed by atoms with Crippen LogP contribution in [0.1, 0.15) is 73.2 Å². The molecule has 2 aromatic carbocycles. The van der Waals surface area contributed by atoms with Crippen molar-refractivity contribution in [1.82, 2.24) is 5.32 Å². The van der Waals surface area contributed by atoms with Crippen LogP contribution in [0.25, 0.3) is 11.3 Å². The van der Waals surface area contributed by atoms with Crippen LogP contribution in [-0.2, 0) is 11.2 Å². The Morgan fingerprint density at radius 2 is 1.68 bits per heavy atom. The summed E-state index contributed by atoms with van der Waals surface area (Å²) < 4.78 is 54.4. The second-order valence-corrected chi connectivity index (χ2v) is 9.78. The number of ether oxygens (including phenoxy) is 2. The molecular formula is C30H32F3NO6. The molecule has 214 valence electrons. The highest BCUT2D eigenvalue weighted by Gasteiger charge is 2.32. The first-order valence-corrected chi connectivity index (χ1v) is 13.4. The van der Waals surface area contributed by atoms with E-state index in [1.54, 1.807) is 24.3 Å². The van der Waals surface area contributed by atoms with E-state index in [2.05, 4.69) is 10.1 Å². The first-order valence-electron chi connectivity index (χ1n) is 13.4. The maximum atomic E-state index is 12.6. The molecule has 2 N–H and O–H groups in total. The van der Waals surface area contributed by atoms with Crippen LogP contribution in [0.15, 0.2) is 59.0 Å². The molecule has 0 spiro atoms. The Morgan fingerprint density at radius 1 is 1.02 bits per heavy atom. The van der Waals surface area contributed by atoms with Gasteiger partial charge in [0.15, 0.2) is 0 Å². The molecule has 0 aliphatic heterocycles. The van der Waals surface area contributed by atoms with Gasteiger partial charge in [0, 0.05) is 35.6 Å². The molecule has 1 heterocycles. The number of benzene rings is 2. The van der Waals surface area contributed by atoms with Crippen molar-refractivity contribution in [3.63, 3.8) is 0 Å². The van der Waals surface area contributed by atoms with E-state index >= 15 is 0 Å². The van der Waals surface area contributed by atoms with Crippen molar-refractivity contribution in [3.05, 3.63) is 71.5 Å².